The molecule has 1 N–H and O–H groups in total. The molecule has 0 bridgehead atoms. The van der Waals surface area contributed by atoms with Crippen molar-refractivity contribution < 1.29 is 23.2 Å². The Hall–Kier alpha value is -2.22. The summed E-state index contributed by atoms with van der Waals surface area (Å²) in [7, 11) is 0. The number of anilines is 1. The number of nitrogens with one attached hydrogen (secondary N) is 1. The molecule has 0 aliphatic heterocycles. The molecule has 0 aliphatic carbocycles. The van der Waals surface area contributed by atoms with E-state index in [9.17, 15) is 14.0 Å². The third-order valence-corrected chi connectivity index (χ3v) is 3.27. The second kappa shape index (κ2) is 6.69. The Balaban J connectivity index is 1.94. The summed E-state index contributed by atoms with van der Waals surface area (Å²) in [6.07, 6.45) is 0. The van der Waals surface area contributed by atoms with Gasteiger partial charge in [-0.25, -0.2) is 9.18 Å². The van der Waals surface area contributed by atoms with E-state index in [0.29, 0.717) is 15.9 Å². The fourth-order valence-electron chi connectivity index (χ4n) is 1.75. The highest BCUT2D eigenvalue weighted by Gasteiger charge is 2.20. The van der Waals surface area contributed by atoms with E-state index < -0.39 is 24.3 Å². The molecule has 0 spiro atoms. The van der Waals surface area contributed by atoms with Gasteiger partial charge in [-0.3, -0.25) is 4.79 Å². The number of hydrogen-bond acceptors (Lipinski definition) is 5. The number of esters is 1. The van der Waals surface area contributed by atoms with Crippen molar-refractivity contribution >= 4 is 33.5 Å². The summed E-state index contributed by atoms with van der Waals surface area (Å²) in [6.45, 7) is 2.61. The first-order valence-corrected chi connectivity index (χ1v) is 7.02. The first-order chi connectivity index (χ1) is 10.4. The predicted octanol–water partition coefficient (Wildman–Crippen LogP) is 2.99. The van der Waals surface area contributed by atoms with Crippen LogP contribution in [0.25, 0.3) is 0 Å². The van der Waals surface area contributed by atoms with Crippen molar-refractivity contribution in [3.05, 3.63) is 45.5 Å². The molecule has 22 heavy (non-hydrogen) atoms. The van der Waals surface area contributed by atoms with Gasteiger partial charge in [-0.15, -0.1) is 0 Å². The lowest BCUT2D eigenvalue weighted by molar-refractivity contribution is -0.119. The Kier molecular flexibility index (Phi) is 4.92. The van der Waals surface area contributed by atoms with Gasteiger partial charge in [0.2, 0.25) is 0 Å². The van der Waals surface area contributed by atoms with E-state index in [1.54, 1.807) is 19.9 Å². The maximum absolute atomic E-state index is 13.6. The van der Waals surface area contributed by atoms with E-state index in [2.05, 4.69) is 26.4 Å². The molecule has 0 saturated heterocycles. The summed E-state index contributed by atoms with van der Waals surface area (Å²) in [5, 5.41) is 5.94. The lowest BCUT2D eigenvalue weighted by Crippen LogP contribution is -2.21. The third kappa shape index (κ3) is 3.70. The fourth-order valence-corrected chi connectivity index (χ4v) is 2.09. The average molecular weight is 371 g/mol. The van der Waals surface area contributed by atoms with E-state index in [4.69, 9.17) is 9.26 Å². The van der Waals surface area contributed by atoms with Crippen molar-refractivity contribution in [3.8, 4) is 0 Å². The minimum absolute atomic E-state index is 0.00147. The van der Waals surface area contributed by atoms with E-state index >= 15 is 0 Å². The topological polar surface area (TPSA) is 81.4 Å². The number of aromatic nitrogens is 1. The molecule has 0 fully saturated rings. The molecule has 116 valence electrons. The lowest BCUT2D eigenvalue weighted by atomic mass is 10.2. The van der Waals surface area contributed by atoms with Crippen molar-refractivity contribution in [1.29, 1.82) is 0 Å². The molecule has 2 aromatic rings. The zero-order valence-electron chi connectivity index (χ0n) is 11.8. The number of carbonyl (C=O) groups is 2. The Morgan fingerprint density at radius 3 is 2.73 bits per heavy atom. The third-order valence-electron chi connectivity index (χ3n) is 2.78. The highest BCUT2D eigenvalue weighted by molar-refractivity contribution is 9.10. The smallest absolute Gasteiger partial charge is 0.344 e. The highest BCUT2D eigenvalue weighted by atomic mass is 79.9. The Bertz CT molecular complexity index is 710. The van der Waals surface area contributed by atoms with E-state index in [-0.39, 0.29) is 11.3 Å². The van der Waals surface area contributed by atoms with Crippen LogP contribution in [0.15, 0.2) is 27.2 Å². The number of carbonyl (C=O) groups excluding carboxylic acids is 2. The minimum atomic E-state index is -0.720. The molecule has 1 heterocycles. The van der Waals surface area contributed by atoms with Gasteiger partial charge < -0.3 is 14.6 Å². The Labute approximate surface area is 133 Å². The van der Waals surface area contributed by atoms with Crippen molar-refractivity contribution in [2.75, 3.05) is 11.9 Å². The molecule has 1 aromatic carbocycles. The number of halogens is 2. The number of benzene rings is 1. The van der Waals surface area contributed by atoms with Crippen molar-refractivity contribution in [2.45, 2.75) is 13.8 Å². The van der Waals surface area contributed by atoms with Crippen LogP contribution >= 0.6 is 15.9 Å². The molecule has 1 amide bonds. The van der Waals surface area contributed by atoms with Crippen LogP contribution in [0.4, 0.5) is 10.1 Å². The maximum Gasteiger partial charge on any atom is 0.344 e. The van der Waals surface area contributed by atoms with Gasteiger partial charge in [-0.05, 0) is 32.0 Å². The van der Waals surface area contributed by atoms with Crippen molar-refractivity contribution in [2.24, 2.45) is 0 Å². The van der Waals surface area contributed by atoms with Gasteiger partial charge in [-0.2, -0.15) is 0 Å². The van der Waals surface area contributed by atoms with Crippen LogP contribution in [0.3, 0.4) is 0 Å². The molecule has 1 aromatic heterocycles. The quantitative estimate of drug-likeness (QED) is 0.836. The van der Waals surface area contributed by atoms with Gasteiger partial charge in [0, 0.05) is 4.47 Å². The number of hydrogen-bond donors (Lipinski definition) is 1. The second-order valence-corrected chi connectivity index (χ2v) is 5.36. The van der Waals surface area contributed by atoms with Crippen molar-refractivity contribution in [3.63, 3.8) is 0 Å². The van der Waals surface area contributed by atoms with Crippen LogP contribution in [0.5, 0.6) is 0 Å². The fraction of sp³-hybridized carbons (Fsp3) is 0.214. The number of amides is 1. The van der Waals surface area contributed by atoms with Gasteiger partial charge in [0.25, 0.3) is 5.91 Å². The molecular weight excluding hydrogens is 359 g/mol. The molecule has 0 atom stereocenters. The van der Waals surface area contributed by atoms with E-state index in [1.807, 2.05) is 0 Å². The first kappa shape index (κ1) is 16.2. The van der Waals surface area contributed by atoms with Gasteiger partial charge in [-0.1, -0.05) is 21.1 Å². The lowest BCUT2D eigenvalue weighted by Gasteiger charge is -2.07. The molecule has 2 rings (SSSR count). The average Bonchev–Trinajstić information content (AvgIpc) is 2.79. The molecular formula is C14H12BrFN2O4. The summed E-state index contributed by atoms with van der Waals surface area (Å²) in [4.78, 5) is 23.5. The van der Waals surface area contributed by atoms with Crippen LogP contribution in [0.2, 0.25) is 0 Å². The summed E-state index contributed by atoms with van der Waals surface area (Å²) >= 11 is 3.11. The monoisotopic (exact) mass is 370 g/mol. The van der Waals surface area contributed by atoms with Crippen LogP contribution in [-0.4, -0.2) is 23.6 Å². The van der Waals surface area contributed by atoms with E-state index in [0.717, 1.165) is 0 Å². The number of nitrogens with zero attached hydrogens (tertiary/aromatic N) is 1. The molecule has 8 heteroatoms. The summed E-state index contributed by atoms with van der Waals surface area (Å²) < 4.78 is 23.8. The van der Waals surface area contributed by atoms with Gasteiger partial charge in [0.1, 0.15) is 17.1 Å². The Morgan fingerprint density at radius 1 is 1.41 bits per heavy atom. The predicted molar refractivity (Wildman–Crippen MR) is 79.0 cm³/mol. The van der Waals surface area contributed by atoms with Crippen LogP contribution in [0.1, 0.15) is 21.8 Å². The van der Waals surface area contributed by atoms with Crippen LogP contribution in [0, 0.1) is 19.7 Å². The van der Waals surface area contributed by atoms with Gasteiger partial charge in [0.15, 0.2) is 6.61 Å². The largest absolute Gasteiger partial charge is 0.452 e. The summed E-state index contributed by atoms with van der Waals surface area (Å²) in [5.74, 6) is -1.66. The SMILES string of the molecule is Cc1noc(C)c1C(=O)OCC(=O)Nc1ccc(Br)cc1F. The summed E-state index contributed by atoms with van der Waals surface area (Å²) in [6, 6.07) is 4.19. The standard InChI is InChI=1S/C14H12BrFN2O4/c1-7-13(8(2)22-18-7)14(20)21-6-12(19)17-11-4-3-9(15)5-10(11)16/h3-5H,6H2,1-2H3,(H,17,19). The van der Waals surface area contributed by atoms with Gasteiger partial charge >= 0.3 is 5.97 Å². The minimum Gasteiger partial charge on any atom is -0.452 e. The maximum atomic E-state index is 13.6. The van der Waals surface area contributed by atoms with Gasteiger partial charge in [0.05, 0.1) is 11.4 Å². The number of aryl methyl sites for hydroxylation is 2. The second-order valence-electron chi connectivity index (χ2n) is 4.45. The molecule has 0 radical (unpaired) electrons. The molecule has 6 nitrogen and oxygen atoms in total. The normalized spacial score (nSPS) is 10.4. The molecule has 0 aliphatic rings. The van der Waals surface area contributed by atoms with Crippen molar-refractivity contribution in [1.82, 2.24) is 5.16 Å². The van der Waals surface area contributed by atoms with Crippen LogP contribution in [-0.2, 0) is 9.53 Å². The first-order valence-electron chi connectivity index (χ1n) is 6.23. The Morgan fingerprint density at radius 2 is 2.14 bits per heavy atom. The summed E-state index contributed by atoms with van der Waals surface area (Å²) in [5.41, 5.74) is 0.561. The van der Waals surface area contributed by atoms with E-state index in [1.165, 1.54) is 12.1 Å². The number of ether oxygens (including phenoxy) is 1. The highest BCUT2D eigenvalue weighted by Crippen LogP contribution is 2.19. The molecule has 0 saturated carbocycles. The number of rotatable bonds is 4. The zero-order chi connectivity index (χ0) is 16.3. The van der Waals surface area contributed by atoms with Crippen LogP contribution < -0.4 is 5.32 Å². The zero-order valence-corrected chi connectivity index (χ0v) is 13.4. The molecule has 0 unspecified atom stereocenters.